The molecule has 0 aliphatic heterocycles. The second-order valence-corrected chi connectivity index (χ2v) is 6.62. The Morgan fingerprint density at radius 1 is 1.27 bits per heavy atom. The zero-order valence-corrected chi connectivity index (χ0v) is 13.0. The Morgan fingerprint density at radius 2 is 2.00 bits per heavy atom. The highest BCUT2D eigenvalue weighted by Crippen LogP contribution is 2.50. The Bertz CT molecular complexity index is 705. The van der Waals surface area contributed by atoms with Crippen molar-refractivity contribution in [3.63, 3.8) is 0 Å². The average molecular weight is 315 g/mol. The number of benzene rings is 1. The number of aryl methyl sites for hydroxylation is 1. The first-order valence-corrected chi connectivity index (χ1v) is 8.08. The van der Waals surface area contributed by atoms with Crippen LogP contribution in [-0.4, -0.2) is 17.0 Å². The summed E-state index contributed by atoms with van der Waals surface area (Å²) in [5.41, 5.74) is 2.71. The molecule has 5 heteroatoms. The SMILES string of the molecule is Cc1ccsc1C1CC1C(=O)Nc1ccc(CC(=O)O)cc1. The van der Waals surface area contributed by atoms with E-state index in [-0.39, 0.29) is 18.2 Å². The van der Waals surface area contributed by atoms with Crippen LogP contribution in [0.2, 0.25) is 0 Å². The second-order valence-electron chi connectivity index (χ2n) is 5.67. The van der Waals surface area contributed by atoms with Gasteiger partial charge < -0.3 is 10.4 Å². The highest BCUT2D eigenvalue weighted by atomic mass is 32.1. The fourth-order valence-corrected chi connectivity index (χ4v) is 3.76. The largest absolute Gasteiger partial charge is 0.481 e. The summed E-state index contributed by atoms with van der Waals surface area (Å²) in [5.74, 6) is -0.407. The summed E-state index contributed by atoms with van der Waals surface area (Å²) >= 11 is 1.72. The van der Waals surface area contributed by atoms with Gasteiger partial charge in [-0.1, -0.05) is 12.1 Å². The molecule has 22 heavy (non-hydrogen) atoms. The molecule has 1 aliphatic carbocycles. The van der Waals surface area contributed by atoms with Crippen LogP contribution in [0.4, 0.5) is 5.69 Å². The summed E-state index contributed by atoms with van der Waals surface area (Å²) in [4.78, 5) is 24.2. The Kier molecular flexibility index (Phi) is 3.98. The molecule has 2 aromatic rings. The maximum absolute atomic E-state index is 12.3. The van der Waals surface area contributed by atoms with Crippen LogP contribution in [0.1, 0.15) is 28.3 Å². The Morgan fingerprint density at radius 3 is 2.59 bits per heavy atom. The lowest BCUT2D eigenvalue weighted by Crippen LogP contribution is -2.14. The first-order valence-electron chi connectivity index (χ1n) is 7.20. The number of hydrogen-bond donors (Lipinski definition) is 2. The number of carbonyl (C=O) groups excluding carboxylic acids is 1. The predicted molar refractivity (Wildman–Crippen MR) is 86.3 cm³/mol. The standard InChI is InChI=1S/C17H17NO3S/c1-10-6-7-22-16(10)13-9-14(13)17(21)18-12-4-2-11(3-5-12)8-15(19)20/h2-7,13-14H,8-9H2,1H3,(H,18,21)(H,19,20). The number of thiophene rings is 1. The molecule has 1 aromatic heterocycles. The van der Waals surface area contributed by atoms with Crippen LogP contribution < -0.4 is 5.32 Å². The molecule has 2 N–H and O–H groups in total. The van der Waals surface area contributed by atoms with Crippen molar-refractivity contribution in [3.8, 4) is 0 Å². The van der Waals surface area contributed by atoms with Gasteiger partial charge in [0, 0.05) is 22.4 Å². The van der Waals surface area contributed by atoms with Gasteiger partial charge in [-0.05, 0) is 48.1 Å². The number of carboxylic acids is 1. The minimum Gasteiger partial charge on any atom is -0.481 e. The summed E-state index contributed by atoms with van der Waals surface area (Å²) in [6.07, 6.45) is 0.904. The highest BCUT2D eigenvalue weighted by molar-refractivity contribution is 7.10. The molecular formula is C17H17NO3S. The second kappa shape index (κ2) is 5.93. The van der Waals surface area contributed by atoms with Crippen molar-refractivity contribution in [2.75, 3.05) is 5.32 Å². The maximum atomic E-state index is 12.3. The van der Waals surface area contributed by atoms with Gasteiger partial charge in [0.25, 0.3) is 0 Å². The van der Waals surface area contributed by atoms with Crippen LogP contribution >= 0.6 is 11.3 Å². The fourth-order valence-electron chi connectivity index (χ4n) is 2.65. The van der Waals surface area contributed by atoms with E-state index >= 15 is 0 Å². The Labute approximate surface area is 132 Å². The molecule has 2 unspecified atom stereocenters. The van der Waals surface area contributed by atoms with Gasteiger partial charge in [-0.25, -0.2) is 0 Å². The number of rotatable bonds is 5. The van der Waals surface area contributed by atoms with Gasteiger partial charge in [-0.3, -0.25) is 9.59 Å². The number of amides is 1. The molecule has 4 nitrogen and oxygen atoms in total. The molecule has 3 rings (SSSR count). The molecule has 1 saturated carbocycles. The Balaban J connectivity index is 1.59. The third kappa shape index (κ3) is 3.20. The van der Waals surface area contributed by atoms with Crippen LogP contribution in [0.25, 0.3) is 0 Å². The minimum atomic E-state index is -0.857. The summed E-state index contributed by atoms with van der Waals surface area (Å²) in [6.45, 7) is 2.08. The maximum Gasteiger partial charge on any atom is 0.307 e. The minimum absolute atomic E-state index is 0.00339. The lowest BCUT2D eigenvalue weighted by Gasteiger charge is -2.06. The summed E-state index contributed by atoms with van der Waals surface area (Å²) < 4.78 is 0. The van der Waals surface area contributed by atoms with Crippen molar-refractivity contribution < 1.29 is 14.7 Å². The number of anilines is 1. The van der Waals surface area contributed by atoms with E-state index < -0.39 is 5.97 Å². The van der Waals surface area contributed by atoms with Gasteiger partial charge >= 0.3 is 5.97 Å². The van der Waals surface area contributed by atoms with Gasteiger partial charge in [-0.2, -0.15) is 0 Å². The van der Waals surface area contributed by atoms with Gasteiger partial charge in [0.1, 0.15) is 0 Å². The van der Waals surface area contributed by atoms with Gasteiger partial charge in [0.05, 0.1) is 6.42 Å². The summed E-state index contributed by atoms with van der Waals surface area (Å²) in [6, 6.07) is 9.07. The molecule has 1 amide bonds. The van der Waals surface area contributed by atoms with Crippen molar-refractivity contribution in [1.82, 2.24) is 0 Å². The van der Waals surface area contributed by atoms with Gasteiger partial charge in [-0.15, -0.1) is 11.3 Å². The zero-order valence-electron chi connectivity index (χ0n) is 12.2. The molecule has 1 aliphatic rings. The normalized spacial score (nSPS) is 19.7. The quantitative estimate of drug-likeness (QED) is 0.888. The molecule has 1 aromatic carbocycles. The first-order chi connectivity index (χ1) is 10.5. The van der Waals surface area contributed by atoms with E-state index in [1.165, 1.54) is 10.4 Å². The average Bonchev–Trinajstić information content (AvgIpc) is 3.15. The van der Waals surface area contributed by atoms with Gasteiger partial charge in [0.2, 0.25) is 5.91 Å². The van der Waals surface area contributed by atoms with E-state index in [1.54, 1.807) is 35.6 Å². The first kappa shape index (κ1) is 14.8. The van der Waals surface area contributed by atoms with Crippen molar-refractivity contribution in [3.05, 3.63) is 51.7 Å². The molecule has 0 spiro atoms. The molecule has 114 valence electrons. The number of carbonyl (C=O) groups is 2. The molecule has 2 atom stereocenters. The zero-order chi connectivity index (χ0) is 15.7. The molecule has 0 radical (unpaired) electrons. The summed E-state index contributed by atoms with van der Waals surface area (Å²) in [7, 11) is 0. The van der Waals surface area contributed by atoms with E-state index in [0.29, 0.717) is 11.6 Å². The molecular weight excluding hydrogens is 298 g/mol. The Hall–Kier alpha value is -2.14. The molecule has 0 bridgehead atoms. The van der Waals surface area contributed by atoms with E-state index in [2.05, 4.69) is 23.7 Å². The lowest BCUT2D eigenvalue weighted by molar-refractivity contribution is -0.136. The highest BCUT2D eigenvalue weighted by Gasteiger charge is 2.45. The number of aliphatic carboxylic acids is 1. The third-order valence-electron chi connectivity index (χ3n) is 3.94. The van der Waals surface area contributed by atoms with Crippen LogP contribution in [0.3, 0.4) is 0 Å². The van der Waals surface area contributed by atoms with Crippen molar-refractivity contribution in [2.45, 2.75) is 25.7 Å². The molecule has 1 fully saturated rings. The topological polar surface area (TPSA) is 66.4 Å². The van der Waals surface area contributed by atoms with Gasteiger partial charge in [0.15, 0.2) is 0 Å². The number of hydrogen-bond acceptors (Lipinski definition) is 3. The van der Waals surface area contributed by atoms with E-state index in [4.69, 9.17) is 5.11 Å². The fraction of sp³-hybridized carbons (Fsp3) is 0.294. The molecule has 1 heterocycles. The molecule has 0 saturated heterocycles. The summed E-state index contributed by atoms with van der Waals surface area (Å²) in [5, 5.41) is 13.7. The van der Waals surface area contributed by atoms with E-state index in [1.807, 2.05) is 0 Å². The lowest BCUT2D eigenvalue weighted by atomic mass is 10.1. The number of nitrogens with one attached hydrogen (secondary N) is 1. The van der Waals surface area contributed by atoms with Crippen LogP contribution in [-0.2, 0) is 16.0 Å². The van der Waals surface area contributed by atoms with Crippen molar-refractivity contribution in [1.29, 1.82) is 0 Å². The monoisotopic (exact) mass is 315 g/mol. The van der Waals surface area contributed by atoms with E-state index in [0.717, 1.165) is 12.0 Å². The van der Waals surface area contributed by atoms with Crippen molar-refractivity contribution >= 4 is 28.9 Å². The number of carboxylic acid groups (broad SMARTS) is 1. The van der Waals surface area contributed by atoms with Crippen LogP contribution in [0.15, 0.2) is 35.7 Å². The predicted octanol–water partition coefficient (Wildman–Crippen LogP) is 3.43. The van der Waals surface area contributed by atoms with Crippen LogP contribution in [0, 0.1) is 12.8 Å². The van der Waals surface area contributed by atoms with Crippen LogP contribution in [0.5, 0.6) is 0 Å². The third-order valence-corrected chi connectivity index (χ3v) is 5.09. The van der Waals surface area contributed by atoms with Crippen molar-refractivity contribution in [2.24, 2.45) is 5.92 Å². The smallest absolute Gasteiger partial charge is 0.307 e. The van der Waals surface area contributed by atoms with E-state index in [9.17, 15) is 9.59 Å².